The van der Waals surface area contributed by atoms with Crippen molar-refractivity contribution in [2.24, 2.45) is 5.92 Å². The molecule has 1 heterocycles. The molecule has 0 aliphatic carbocycles. The molecule has 0 bridgehead atoms. The van der Waals surface area contributed by atoms with Crippen LogP contribution in [-0.4, -0.2) is 30.1 Å². The van der Waals surface area contributed by atoms with Crippen molar-refractivity contribution in [1.82, 2.24) is 4.90 Å². The largest absolute Gasteiger partial charge is 0.393 e. The molecule has 1 fully saturated rings. The van der Waals surface area contributed by atoms with E-state index >= 15 is 0 Å². The highest BCUT2D eigenvalue weighted by Gasteiger charge is 2.42. The summed E-state index contributed by atoms with van der Waals surface area (Å²) in [6.45, 7) is -0.291. The molecule has 0 saturated carbocycles. The van der Waals surface area contributed by atoms with E-state index in [4.69, 9.17) is 0 Å². The van der Waals surface area contributed by atoms with Gasteiger partial charge in [0.1, 0.15) is 0 Å². The minimum Gasteiger partial charge on any atom is -0.338 e. The second-order valence-electron chi connectivity index (χ2n) is 4.89. The Morgan fingerprint density at radius 2 is 1.95 bits per heavy atom. The van der Waals surface area contributed by atoms with Crippen LogP contribution in [0.4, 0.5) is 22.0 Å². The minimum absolute atomic E-state index is 0.0330. The van der Waals surface area contributed by atoms with Gasteiger partial charge in [0.2, 0.25) is 0 Å². The van der Waals surface area contributed by atoms with Crippen LogP contribution in [0.5, 0.6) is 0 Å². The van der Waals surface area contributed by atoms with Gasteiger partial charge in [-0.05, 0) is 40.9 Å². The van der Waals surface area contributed by atoms with E-state index in [0.717, 1.165) is 11.0 Å². The Morgan fingerprint density at radius 3 is 2.52 bits per heavy atom. The Bertz CT molecular complexity index is 537. The quantitative estimate of drug-likeness (QED) is 0.536. The molecule has 8 heteroatoms. The van der Waals surface area contributed by atoms with E-state index in [-0.39, 0.29) is 29.4 Å². The van der Waals surface area contributed by atoms with Gasteiger partial charge in [-0.1, -0.05) is 0 Å². The Balaban J connectivity index is 2.20. The molecule has 0 radical (unpaired) electrons. The summed E-state index contributed by atoms with van der Waals surface area (Å²) in [6.07, 6.45) is -4.18. The van der Waals surface area contributed by atoms with Crippen LogP contribution in [0.25, 0.3) is 0 Å². The lowest BCUT2D eigenvalue weighted by Crippen LogP contribution is -2.44. The van der Waals surface area contributed by atoms with Gasteiger partial charge in [-0.15, -0.1) is 0 Å². The molecule has 116 valence electrons. The number of hydrogen-bond acceptors (Lipinski definition) is 1. The molecule has 1 aromatic rings. The highest BCUT2D eigenvalue weighted by Crippen LogP contribution is 2.33. The van der Waals surface area contributed by atoms with Crippen LogP contribution >= 0.6 is 15.9 Å². The Kier molecular flexibility index (Phi) is 4.55. The third-order valence-corrected chi connectivity index (χ3v) is 3.98. The predicted octanol–water partition coefficient (Wildman–Crippen LogP) is 4.14. The molecule has 0 aromatic heterocycles. The van der Waals surface area contributed by atoms with Crippen LogP contribution in [0, 0.1) is 17.6 Å². The summed E-state index contributed by atoms with van der Waals surface area (Å²) in [7, 11) is 0. The Labute approximate surface area is 126 Å². The number of benzene rings is 1. The molecular formula is C13H11BrF5NO. The standard InChI is InChI=1S/C13H11BrF5NO/c14-9-4-7(5-10(15)11(9)16)12(21)20-3-1-2-8(6-20)13(17,18)19/h4-5,8H,1-3,6H2. The average molecular weight is 372 g/mol. The number of alkyl halides is 3. The van der Waals surface area contributed by atoms with Crippen LogP contribution in [0.15, 0.2) is 16.6 Å². The van der Waals surface area contributed by atoms with Crippen molar-refractivity contribution < 1.29 is 26.7 Å². The summed E-state index contributed by atoms with van der Waals surface area (Å²) in [5, 5.41) is 0. The zero-order chi connectivity index (χ0) is 15.8. The van der Waals surface area contributed by atoms with Gasteiger partial charge in [0.05, 0.1) is 10.4 Å². The van der Waals surface area contributed by atoms with Crippen molar-refractivity contribution in [1.29, 1.82) is 0 Å². The van der Waals surface area contributed by atoms with Crippen molar-refractivity contribution in [3.05, 3.63) is 33.8 Å². The number of likely N-dealkylation sites (tertiary alicyclic amines) is 1. The van der Waals surface area contributed by atoms with Crippen LogP contribution in [0.2, 0.25) is 0 Å². The molecule has 2 rings (SSSR count). The topological polar surface area (TPSA) is 20.3 Å². The van der Waals surface area contributed by atoms with Gasteiger partial charge in [-0.25, -0.2) is 8.78 Å². The zero-order valence-corrected chi connectivity index (χ0v) is 12.3. The first-order chi connectivity index (χ1) is 9.70. The van der Waals surface area contributed by atoms with Gasteiger partial charge >= 0.3 is 6.18 Å². The lowest BCUT2D eigenvalue weighted by Gasteiger charge is -2.33. The molecule has 1 saturated heterocycles. The lowest BCUT2D eigenvalue weighted by molar-refractivity contribution is -0.184. The summed E-state index contributed by atoms with van der Waals surface area (Å²) in [5.41, 5.74) is -0.177. The molecule has 0 N–H and O–H groups in total. The second-order valence-corrected chi connectivity index (χ2v) is 5.74. The first kappa shape index (κ1) is 16.2. The molecule has 21 heavy (non-hydrogen) atoms. The Morgan fingerprint density at radius 1 is 1.29 bits per heavy atom. The summed E-state index contributed by atoms with van der Waals surface area (Å²) < 4.78 is 64.3. The smallest absolute Gasteiger partial charge is 0.338 e. The number of rotatable bonds is 1. The number of carbonyl (C=O) groups excluding carboxylic acids is 1. The van der Waals surface area contributed by atoms with Crippen LogP contribution < -0.4 is 0 Å². The van der Waals surface area contributed by atoms with Gasteiger partial charge in [0, 0.05) is 18.7 Å². The van der Waals surface area contributed by atoms with E-state index in [0.29, 0.717) is 6.07 Å². The first-order valence-electron chi connectivity index (χ1n) is 6.20. The average Bonchev–Trinajstić information content (AvgIpc) is 2.42. The number of amides is 1. The highest BCUT2D eigenvalue weighted by molar-refractivity contribution is 9.10. The number of nitrogens with zero attached hydrogens (tertiary/aromatic N) is 1. The number of piperidine rings is 1. The molecule has 1 aliphatic rings. The lowest BCUT2D eigenvalue weighted by atomic mass is 9.97. The molecule has 1 amide bonds. The molecule has 0 spiro atoms. The molecule has 2 nitrogen and oxygen atoms in total. The summed E-state index contributed by atoms with van der Waals surface area (Å²) in [4.78, 5) is 13.2. The maximum Gasteiger partial charge on any atom is 0.393 e. The maximum atomic E-state index is 13.3. The SMILES string of the molecule is O=C(c1cc(F)c(F)c(Br)c1)N1CCCC(C(F)(F)F)C1. The summed E-state index contributed by atoms with van der Waals surface area (Å²) in [6, 6.07) is 1.76. The number of carbonyl (C=O) groups is 1. The predicted molar refractivity (Wildman–Crippen MR) is 68.7 cm³/mol. The number of hydrogen-bond donors (Lipinski definition) is 0. The summed E-state index contributed by atoms with van der Waals surface area (Å²) in [5.74, 6) is -4.68. The van der Waals surface area contributed by atoms with E-state index in [1.165, 1.54) is 0 Å². The monoisotopic (exact) mass is 371 g/mol. The summed E-state index contributed by atoms with van der Waals surface area (Å²) >= 11 is 2.77. The normalized spacial score (nSPS) is 19.7. The number of halogens is 6. The third kappa shape index (κ3) is 3.53. The molecule has 1 unspecified atom stereocenters. The van der Waals surface area contributed by atoms with Gasteiger partial charge < -0.3 is 4.90 Å². The maximum absolute atomic E-state index is 13.3. The van der Waals surface area contributed by atoms with Crippen LogP contribution in [0.3, 0.4) is 0 Å². The first-order valence-corrected chi connectivity index (χ1v) is 7.00. The third-order valence-electron chi connectivity index (χ3n) is 3.40. The Hall–Kier alpha value is -1.18. The van der Waals surface area contributed by atoms with Crippen molar-refractivity contribution >= 4 is 21.8 Å². The molecule has 1 aliphatic heterocycles. The van der Waals surface area contributed by atoms with E-state index in [2.05, 4.69) is 15.9 Å². The van der Waals surface area contributed by atoms with Crippen LogP contribution in [-0.2, 0) is 0 Å². The second kappa shape index (κ2) is 5.90. The van der Waals surface area contributed by atoms with Crippen molar-refractivity contribution in [3.8, 4) is 0 Å². The van der Waals surface area contributed by atoms with Gasteiger partial charge in [-0.2, -0.15) is 13.2 Å². The van der Waals surface area contributed by atoms with Crippen LogP contribution in [0.1, 0.15) is 23.2 Å². The fraction of sp³-hybridized carbons (Fsp3) is 0.462. The molecule has 1 atom stereocenters. The van der Waals surface area contributed by atoms with Gasteiger partial charge in [0.25, 0.3) is 5.91 Å². The molecular weight excluding hydrogens is 361 g/mol. The van der Waals surface area contributed by atoms with Crippen molar-refractivity contribution in [2.75, 3.05) is 13.1 Å². The fourth-order valence-electron chi connectivity index (χ4n) is 2.29. The van der Waals surface area contributed by atoms with Gasteiger partial charge in [0.15, 0.2) is 11.6 Å². The van der Waals surface area contributed by atoms with E-state index < -0.39 is 36.2 Å². The van der Waals surface area contributed by atoms with Gasteiger partial charge in [-0.3, -0.25) is 4.79 Å². The van der Waals surface area contributed by atoms with E-state index in [1.807, 2.05) is 0 Å². The molecule has 1 aromatic carbocycles. The fourth-order valence-corrected chi connectivity index (χ4v) is 2.73. The minimum atomic E-state index is -4.37. The van der Waals surface area contributed by atoms with E-state index in [1.54, 1.807) is 0 Å². The van der Waals surface area contributed by atoms with Crippen molar-refractivity contribution in [3.63, 3.8) is 0 Å². The highest BCUT2D eigenvalue weighted by atomic mass is 79.9. The van der Waals surface area contributed by atoms with E-state index in [9.17, 15) is 26.7 Å². The zero-order valence-electron chi connectivity index (χ0n) is 10.7. The van der Waals surface area contributed by atoms with Crippen molar-refractivity contribution in [2.45, 2.75) is 19.0 Å².